The van der Waals surface area contributed by atoms with Gasteiger partial charge in [0.1, 0.15) is 0 Å². The molecule has 0 aromatic heterocycles. The second-order valence-electron chi connectivity index (χ2n) is 5.66. The van der Waals surface area contributed by atoms with Crippen LogP contribution in [0.4, 0.5) is 0 Å². The first-order chi connectivity index (χ1) is 8.67. The number of carbonyl (C=O) groups is 1. The zero-order valence-corrected chi connectivity index (χ0v) is 11.3. The van der Waals surface area contributed by atoms with Crippen LogP contribution in [-0.2, 0) is 4.79 Å². The lowest BCUT2D eigenvalue weighted by atomic mass is 10.0. The van der Waals surface area contributed by atoms with E-state index in [0.29, 0.717) is 24.7 Å². The molecule has 1 aliphatic heterocycles. The van der Waals surface area contributed by atoms with Gasteiger partial charge in [-0.15, -0.1) is 0 Å². The van der Waals surface area contributed by atoms with Crippen molar-refractivity contribution in [2.45, 2.75) is 50.2 Å². The van der Waals surface area contributed by atoms with E-state index >= 15 is 0 Å². The van der Waals surface area contributed by atoms with Crippen LogP contribution in [0.5, 0.6) is 0 Å². The van der Waals surface area contributed by atoms with Crippen molar-refractivity contribution in [2.24, 2.45) is 5.73 Å². The zero-order chi connectivity index (χ0) is 13.0. The third-order valence-electron chi connectivity index (χ3n) is 4.18. The number of hydrogen-bond acceptors (Lipinski definition) is 4. The van der Waals surface area contributed by atoms with Crippen molar-refractivity contribution in [3.8, 4) is 0 Å². The molecule has 18 heavy (non-hydrogen) atoms. The molecule has 0 spiro atoms. The van der Waals surface area contributed by atoms with Gasteiger partial charge in [-0.2, -0.15) is 0 Å². The molecule has 1 amide bonds. The Kier molecular flexibility index (Phi) is 4.97. The average Bonchev–Trinajstić information content (AvgIpc) is 2.77. The van der Waals surface area contributed by atoms with Gasteiger partial charge in [0, 0.05) is 38.3 Å². The molecule has 0 aromatic rings. The summed E-state index contributed by atoms with van der Waals surface area (Å²) in [6.45, 7) is 2.57. The molecule has 2 unspecified atom stereocenters. The van der Waals surface area contributed by atoms with Gasteiger partial charge in [0.05, 0.1) is 6.54 Å². The molecule has 2 rings (SSSR count). The van der Waals surface area contributed by atoms with Gasteiger partial charge in [-0.05, 0) is 32.1 Å². The number of hydrogen-bond donors (Lipinski definition) is 3. The number of nitrogens with one attached hydrogen (secondary N) is 2. The quantitative estimate of drug-likeness (QED) is 0.642. The Morgan fingerprint density at radius 1 is 1.22 bits per heavy atom. The fourth-order valence-electron chi connectivity index (χ4n) is 3.04. The van der Waals surface area contributed by atoms with Crippen LogP contribution in [0.25, 0.3) is 0 Å². The SMILES string of the molecule is CNC(=O)CN1CCC(NC2CCC(N)C2)CC1. The minimum absolute atomic E-state index is 0.114. The molecule has 0 aromatic carbocycles. The maximum atomic E-state index is 11.3. The monoisotopic (exact) mass is 254 g/mol. The molecule has 1 aliphatic carbocycles. The first-order valence-electron chi connectivity index (χ1n) is 7.12. The highest BCUT2D eigenvalue weighted by Crippen LogP contribution is 2.20. The molecule has 4 N–H and O–H groups in total. The average molecular weight is 254 g/mol. The fraction of sp³-hybridized carbons (Fsp3) is 0.923. The predicted molar refractivity (Wildman–Crippen MR) is 72.3 cm³/mol. The third kappa shape index (κ3) is 3.93. The Bertz CT molecular complexity index is 276. The Hall–Kier alpha value is -0.650. The van der Waals surface area contributed by atoms with E-state index in [4.69, 9.17) is 5.73 Å². The summed E-state index contributed by atoms with van der Waals surface area (Å²) in [6, 6.07) is 1.63. The van der Waals surface area contributed by atoms with Gasteiger partial charge >= 0.3 is 0 Å². The van der Waals surface area contributed by atoms with Crippen molar-refractivity contribution in [3.63, 3.8) is 0 Å². The molecular weight excluding hydrogens is 228 g/mol. The summed E-state index contributed by atoms with van der Waals surface area (Å²) in [6.07, 6.45) is 5.79. The highest BCUT2D eigenvalue weighted by molar-refractivity contribution is 5.77. The minimum Gasteiger partial charge on any atom is -0.358 e. The van der Waals surface area contributed by atoms with Gasteiger partial charge in [0.15, 0.2) is 0 Å². The van der Waals surface area contributed by atoms with E-state index in [1.165, 1.54) is 6.42 Å². The Labute approximate surface area is 109 Å². The predicted octanol–water partition coefficient (Wildman–Crippen LogP) is -0.334. The molecule has 2 aliphatic rings. The van der Waals surface area contributed by atoms with E-state index in [-0.39, 0.29) is 5.91 Å². The van der Waals surface area contributed by atoms with Crippen LogP contribution in [0.1, 0.15) is 32.1 Å². The first-order valence-corrected chi connectivity index (χ1v) is 7.12. The van der Waals surface area contributed by atoms with Crippen LogP contribution in [0, 0.1) is 0 Å². The van der Waals surface area contributed by atoms with E-state index in [2.05, 4.69) is 15.5 Å². The molecule has 0 bridgehead atoms. The van der Waals surface area contributed by atoms with Gasteiger partial charge < -0.3 is 16.4 Å². The Morgan fingerprint density at radius 2 is 1.94 bits per heavy atom. The van der Waals surface area contributed by atoms with Crippen molar-refractivity contribution in [1.82, 2.24) is 15.5 Å². The van der Waals surface area contributed by atoms with Crippen molar-refractivity contribution in [2.75, 3.05) is 26.7 Å². The van der Waals surface area contributed by atoms with Crippen molar-refractivity contribution < 1.29 is 4.79 Å². The topological polar surface area (TPSA) is 70.4 Å². The van der Waals surface area contributed by atoms with Crippen molar-refractivity contribution >= 4 is 5.91 Å². The molecule has 1 saturated carbocycles. The van der Waals surface area contributed by atoms with E-state index in [1.807, 2.05) is 0 Å². The molecule has 2 fully saturated rings. The van der Waals surface area contributed by atoms with Gasteiger partial charge in [-0.1, -0.05) is 0 Å². The molecule has 5 nitrogen and oxygen atoms in total. The van der Waals surface area contributed by atoms with E-state index in [1.54, 1.807) is 7.05 Å². The molecule has 5 heteroatoms. The van der Waals surface area contributed by atoms with Crippen LogP contribution >= 0.6 is 0 Å². The maximum Gasteiger partial charge on any atom is 0.233 e. The number of likely N-dealkylation sites (tertiary alicyclic amines) is 1. The zero-order valence-electron chi connectivity index (χ0n) is 11.3. The van der Waals surface area contributed by atoms with Crippen molar-refractivity contribution in [3.05, 3.63) is 0 Å². The van der Waals surface area contributed by atoms with Crippen LogP contribution < -0.4 is 16.4 Å². The van der Waals surface area contributed by atoms with E-state index in [0.717, 1.165) is 38.8 Å². The Morgan fingerprint density at radius 3 is 2.50 bits per heavy atom. The van der Waals surface area contributed by atoms with Crippen LogP contribution in [0.2, 0.25) is 0 Å². The molecular formula is C13H26N4O. The fourth-order valence-corrected chi connectivity index (χ4v) is 3.04. The summed E-state index contributed by atoms with van der Waals surface area (Å²) < 4.78 is 0. The lowest BCUT2D eigenvalue weighted by Gasteiger charge is -2.33. The molecule has 2 atom stereocenters. The summed E-state index contributed by atoms with van der Waals surface area (Å²) >= 11 is 0. The molecule has 1 heterocycles. The second kappa shape index (κ2) is 6.50. The van der Waals surface area contributed by atoms with Gasteiger partial charge in [-0.25, -0.2) is 0 Å². The standard InChI is InChI=1S/C13H26N4O/c1-15-13(18)9-17-6-4-11(5-7-17)16-12-3-2-10(14)8-12/h10-12,16H,2-9,14H2,1H3,(H,15,18). The third-order valence-corrected chi connectivity index (χ3v) is 4.18. The summed E-state index contributed by atoms with van der Waals surface area (Å²) in [7, 11) is 1.69. The highest BCUT2D eigenvalue weighted by atomic mass is 16.1. The Balaban J connectivity index is 1.65. The smallest absolute Gasteiger partial charge is 0.233 e. The first kappa shape index (κ1) is 13.8. The number of rotatable bonds is 4. The maximum absolute atomic E-state index is 11.3. The lowest BCUT2D eigenvalue weighted by molar-refractivity contribution is -0.122. The number of piperidine rings is 1. The van der Waals surface area contributed by atoms with Gasteiger partial charge in [0.25, 0.3) is 0 Å². The van der Waals surface area contributed by atoms with Gasteiger partial charge in [-0.3, -0.25) is 9.69 Å². The molecule has 104 valence electrons. The highest BCUT2D eigenvalue weighted by Gasteiger charge is 2.26. The van der Waals surface area contributed by atoms with E-state index < -0.39 is 0 Å². The summed E-state index contributed by atoms with van der Waals surface area (Å²) in [4.78, 5) is 13.5. The molecule has 1 saturated heterocycles. The second-order valence-corrected chi connectivity index (χ2v) is 5.66. The lowest BCUT2D eigenvalue weighted by Crippen LogP contribution is -2.47. The van der Waals surface area contributed by atoms with Crippen LogP contribution in [0.15, 0.2) is 0 Å². The van der Waals surface area contributed by atoms with Crippen LogP contribution in [0.3, 0.4) is 0 Å². The number of carbonyl (C=O) groups excluding carboxylic acids is 1. The summed E-state index contributed by atoms with van der Waals surface area (Å²) in [5.74, 6) is 0.114. The normalized spacial score (nSPS) is 30.6. The number of likely N-dealkylation sites (N-methyl/N-ethyl adjacent to an activating group) is 1. The summed E-state index contributed by atoms with van der Waals surface area (Å²) in [5.41, 5.74) is 5.93. The number of amides is 1. The number of nitrogens with zero attached hydrogens (tertiary/aromatic N) is 1. The number of nitrogens with two attached hydrogens (primary N) is 1. The van der Waals surface area contributed by atoms with Crippen molar-refractivity contribution in [1.29, 1.82) is 0 Å². The minimum atomic E-state index is 0.114. The van der Waals surface area contributed by atoms with E-state index in [9.17, 15) is 4.79 Å². The van der Waals surface area contributed by atoms with Crippen LogP contribution in [-0.4, -0.2) is 55.6 Å². The largest absolute Gasteiger partial charge is 0.358 e. The molecule has 0 radical (unpaired) electrons. The summed E-state index contributed by atoms with van der Waals surface area (Å²) in [5, 5.41) is 6.41. The van der Waals surface area contributed by atoms with Gasteiger partial charge in [0.2, 0.25) is 5.91 Å².